The number of halogens is 1. The zero-order valence-corrected chi connectivity index (χ0v) is 18.3. The van der Waals surface area contributed by atoms with Crippen LogP contribution in [0, 0.1) is 0 Å². The molecular formula is C24H28ClN4O+. The minimum atomic E-state index is -0.115. The van der Waals surface area contributed by atoms with E-state index in [-0.39, 0.29) is 6.03 Å². The van der Waals surface area contributed by atoms with Crippen LogP contribution in [0.1, 0.15) is 25.0 Å². The highest BCUT2D eigenvalue weighted by molar-refractivity contribution is 6.30. The summed E-state index contributed by atoms with van der Waals surface area (Å²) in [7, 11) is 0. The standard InChI is InChI=1S/C24H27ClN4O/c1-3-27(4-2)15-14-26-24(30)28-17-19-11-10-18-16-20(25)12-13-22(18)23(19)29(28)21-8-6-5-7-9-21/h5-9,12-13,16-17H,3-4,10-11,14-15H2,1-2H3/p+1. The highest BCUT2D eigenvalue weighted by Crippen LogP contribution is 2.33. The van der Waals surface area contributed by atoms with Crippen LogP contribution in [-0.4, -0.2) is 41.8 Å². The minimum Gasteiger partial charge on any atom is -0.332 e. The van der Waals surface area contributed by atoms with Gasteiger partial charge in [-0.25, -0.2) is 4.79 Å². The largest absolute Gasteiger partial charge is 0.375 e. The molecule has 5 nitrogen and oxygen atoms in total. The second-order valence-corrected chi connectivity index (χ2v) is 7.99. The molecule has 156 valence electrons. The average Bonchev–Trinajstić information content (AvgIpc) is 3.17. The lowest BCUT2D eigenvalue weighted by atomic mass is 9.90. The molecule has 0 saturated carbocycles. The molecule has 0 saturated heterocycles. The van der Waals surface area contributed by atoms with Gasteiger partial charge in [-0.2, -0.15) is 0 Å². The Balaban J connectivity index is 1.74. The maximum absolute atomic E-state index is 13.2. The van der Waals surface area contributed by atoms with Crippen molar-refractivity contribution >= 4 is 17.6 Å². The summed E-state index contributed by atoms with van der Waals surface area (Å²) in [5.41, 5.74) is 5.56. The Morgan fingerprint density at radius 1 is 1.10 bits per heavy atom. The van der Waals surface area contributed by atoms with Crippen LogP contribution < -0.4 is 10.00 Å². The van der Waals surface area contributed by atoms with Crippen LogP contribution in [-0.2, 0) is 12.8 Å². The number of hydrogen-bond donors (Lipinski definition) is 1. The van der Waals surface area contributed by atoms with Crippen molar-refractivity contribution in [1.82, 2.24) is 14.9 Å². The van der Waals surface area contributed by atoms with Crippen LogP contribution in [0.5, 0.6) is 0 Å². The number of likely N-dealkylation sites (N-methyl/N-ethyl adjacent to an activating group) is 1. The van der Waals surface area contributed by atoms with Crippen molar-refractivity contribution in [3.63, 3.8) is 0 Å². The van der Waals surface area contributed by atoms with Gasteiger partial charge in [0.1, 0.15) is 0 Å². The number of aryl methyl sites for hydroxylation is 2. The van der Waals surface area contributed by atoms with Crippen molar-refractivity contribution in [3.8, 4) is 16.9 Å². The monoisotopic (exact) mass is 423 g/mol. The first-order valence-corrected chi connectivity index (χ1v) is 11.0. The Morgan fingerprint density at radius 3 is 2.57 bits per heavy atom. The minimum absolute atomic E-state index is 0.115. The number of nitrogens with one attached hydrogen (secondary N) is 1. The van der Waals surface area contributed by atoms with Crippen molar-refractivity contribution in [2.75, 3.05) is 26.2 Å². The molecule has 1 amide bonds. The van der Waals surface area contributed by atoms with Gasteiger partial charge in [0.2, 0.25) is 11.4 Å². The van der Waals surface area contributed by atoms with Gasteiger partial charge in [-0.3, -0.25) is 0 Å². The number of hydrogen-bond acceptors (Lipinski definition) is 2. The average molecular weight is 424 g/mol. The molecule has 0 fully saturated rings. The predicted molar refractivity (Wildman–Crippen MR) is 120 cm³/mol. The van der Waals surface area contributed by atoms with E-state index in [0.717, 1.165) is 54.4 Å². The van der Waals surface area contributed by atoms with Crippen molar-refractivity contribution in [2.24, 2.45) is 0 Å². The lowest BCUT2D eigenvalue weighted by molar-refractivity contribution is -0.661. The number of benzene rings is 2. The number of rotatable bonds is 6. The molecule has 0 radical (unpaired) electrons. The fourth-order valence-corrected chi connectivity index (χ4v) is 4.36. The van der Waals surface area contributed by atoms with Gasteiger partial charge in [0.25, 0.3) is 0 Å². The maximum Gasteiger partial charge on any atom is 0.375 e. The molecule has 4 rings (SSSR count). The van der Waals surface area contributed by atoms with Crippen LogP contribution in [0.4, 0.5) is 4.79 Å². The van der Waals surface area contributed by atoms with Gasteiger partial charge >= 0.3 is 6.03 Å². The Labute approximate surface area is 182 Å². The number of nitrogens with zero attached hydrogens (tertiary/aromatic N) is 3. The van der Waals surface area contributed by atoms with E-state index < -0.39 is 0 Å². The van der Waals surface area contributed by atoms with Crippen molar-refractivity contribution < 1.29 is 9.48 Å². The highest BCUT2D eigenvalue weighted by Gasteiger charge is 2.34. The molecule has 2 aromatic carbocycles. The first kappa shape index (κ1) is 20.6. The third kappa shape index (κ3) is 4.00. The summed E-state index contributed by atoms with van der Waals surface area (Å²) in [4.78, 5) is 15.5. The van der Waals surface area contributed by atoms with E-state index >= 15 is 0 Å². The van der Waals surface area contributed by atoms with Crippen LogP contribution in [0.15, 0.2) is 54.7 Å². The number of carbonyl (C=O) groups is 1. The number of carbonyl (C=O) groups excluding carboxylic acids is 1. The zero-order chi connectivity index (χ0) is 21.1. The molecule has 0 spiro atoms. The number of fused-ring (bicyclic) bond motifs is 3. The van der Waals surface area contributed by atoms with Crippen LogP contribution in [0.25, 0.3) is 16.9 Å². The second-order valence-electron chi connectivity index (χ2n) is 7.56. The fraction of sp³-hybridized carbons (Fsp3) is 0.333. The van der Waals surface area contributed by atoms with Gasteiger partial charge in [0, 0.05) is 30.2 Å². The Kier molecular flexibility index (Phi) is 6.21. The molecule has 0 aliphatic heterocycles. The SMILES string of the molecule is CCN(CC)CCNC(=O)n1cc2c([n+]1-c1ccccc1)-c1ccc(Cl)cc1CC2. The van der Waals surface area contributed by atoms with Gasteiger partial charge in [0.15, 0.2) is 0 Å². The zero-order valence-electron chi connectivity index (χ0n) is 17.6. The van der Waals surface area contributed by atoms with E-state index in [1.807, 2.05) is 53.3 Å². The van der Waals surface area contributed by atoms with E-state index in [1.165, 1.54) is 11.1 Å². The lowest BCUT2D eigenvalue weighted by Crippen LogP contribution is -2.49. The summed E-state index contributed by atoms with van der Waals surface area (Å²) in [6.45, 7) is 7.69. The maximum atomic E-state index is 13.2. The van der Waals surface area contributed by atoms with Crippen LogP contribution in [0.3, 0.4) is 0 Å². The van der Waals surface area contributed by atoms with Crippen molar-refractivity contribution in [1.29, 1.82) is 0 Å². The molecule has 0 bridgehead atoms. The smallest absolute Gasteiger partial charge is 0.332 e. The molecule has 1 aromatic heterocycles. The molecule has 1 N–H and O–H groups in total. The second kappa shape index (κ2) is 9.02. The summed E-state index contributed by atoms with van der Waals surface area (Å²) < 4.78 is 3.74. The molecule has 0 unspecified atom stereocenters. The molecule has 3 aromatic rings. The van der Waals surface area contributed by atoms with E-state index in [9.17, 15) is 4.79 Å². The molecule has 1 aliphatic rings. The molecule has 1 aliphatic carbocycles. The summed E-state index contributed by atoms with van der Waals surface area (Å²) in [5.74, 6) is 0. The summed E-state index contributed by atoms with van der Waals surface area (Å²) in [6, 6.07) is 16.0. The van der Waals surface area contributed by atoms with Gasteiger partial charge in [-0.05, 0) is 49.7 Å². The van der Waals surface area contributed by atoms with Crippen molar-refractivity contribution in [3.05, 3.63) is 70.9 Å². The molecule has 0 atom stereocenters. The van der Waals surface area contributed by atoms with Gasteiger partial charge in [0.05, 0.1) is 17.3 Å². The topological polar surface area (TPSA) is 41.2 Å². The van der Waals surface area contributed by atoms with E-state index in [0.29, 0.717) is 6.54 Å². The first-order valence-electron chi connectivity index (χ1n) is 10.6. The predicted octanol–water partition coefficient (Wildman–Crippen LogP) is 4.08. The van der Waals surface area contributed by atoms with Gasteiger partial charge < -0.3 is 10.2 Å². The molecule has 1 heterocycles. The van der Waals surface area contributed by atoms with E-state index in [2.05, 4.69) is 30.1 Å². The van der Waals surface area contributed by atoms with Crippen molar-refractivity contribution in [2.45, 2.75) is 26.7 Å². The molecular weight excluding hydrogens is 396 g/mol. The number of para-hydroxylation sites is 1. The fourth-order valence-electron chi connectivity index (χ4n) is 4.16. The highest BCUT2D eigenvalue weighted by atomic mass is 35.5. The summed E-state index contributed by atoms with van der Waals surface area (Å²) >= 11 is 6.24. The Morgan fingerprint density at radius 2 is 1.83 bits per heavy atom. The van der Waals surface area contributed by atoms with Gasteiger partial charge in [-0.1, -0.05) is 53.0 Å². The third-order valence-electron chi connectivity index (χ3n) is 5.80. The lowest BCUT2D eigenvalue weighted by Gasteiger charge is -2.17. The van der Waals surface area contributed by atoms with Gasteiger partial charge in [-0.15, -0.1) is 0 Å². The van der Waals surface area contributed by atoms with E-state index in [1.54, 1.807) is 4.68 Å². The van der Waals surface area contributed by atoms with Crippen LogP contribution >= 0.6 is 11.6 Å². The number of amides is 1. The summed E-state index contributed by atoms with van der Waals surface area (Å²) in [5, 5.41) is 3.84. The Bertz CT molecular complexity index is 1040. The number of aromatic nitrogens is 2. The summed E-state index contributed by atoms with van der Waals surface area (Å²) in [6.07, 6.45) is 3.78. The first-order chi connectivity index (χ1) is 14.6. The quantitative estimate of drug-likeness (QED) is 0.607. The third-order valence-corrected chi connectivity index (χ3v) is 6.04. The van der Waals surface area contributed by atoms with E-state index in [4.69, 9.17) is 11.6 Å². The molecule has 6 heteroatoms. The molecule has 30 heavy (non-hydrogen) atoms. The normalized spacial score (nSPS) is 12.5. The van der Waals surface area contributed by atoms with Crippen LogP contribution in [0.2, 0.25) is 5.02 Å². The Hall–Kier alpha value is -2.63.